The van der Waals surface area contributed by atoms with Crippen molar-refractivity contribution in [3.8, 4) is 0 Å². The third-order valence-corrected chi connectivity index (χ3v) is 4.26. The first-order chi connectivity index (χ1) is 8.33. The first-order valence-electron chi connectivity index (χ1n) is 7.32. The maximum absolute atomic E-state index is 5.82. The lowest BCUT2D eigenvalue weighted by Crippen LogP contribution is -2.07. The van der Waals surface area contributed by atoms with E-state index in [1.165, 1.54) is 44.1 Å². The molecule has 3 unspecified atom stereocenters. The fourth-order valence-electron chi connectivity index (χ4n) is 2.98. The van der Waals surface area contributed by atoms with Gasteiger partial charge < -0.3 is 4.74 Å². The molecule has 0 heterocycles. The molecule has 0 aliphatic heterocycles. The number of hydrogen-bond donors (Lipinski definition) is 0. The molecule has 0 N–H and O–H groups in total. The number of unbranched alkanes of at least 4 members (excludes halogenated alkanes) is 1. The van der Waals surface area contributed by atoms with Crippen molar-refractivity contribution >= 4 is 0 Å². The molecule has 0 amide bonds. The Labute approximate surface area is 106 Å². The van der Waals surface area contributed by atoms with Crippen molar-refractivity contribution < 1.29 is 4.74 Å². The Morgan fingerprint density at radius 3 is 2.88 bits per heavy atom. The monoisotopic (exact) mass is 234 g/mol. The summed E-state index contributed by atoms with van der Waals surface area (Å²) in [5, 5.41) is 0. The summed E-state index contributed by atoms with van der Waals surface area (Å²) >= 11 is 0. The first kappa shape index (κ1) is 12.7. The van der Waals surface area contributed by atoms with Gasteiger partial charge in [-0.15, -0.1) is 0 Å². The average molecular weight is 234 g/mol. The van der Waals surface area contributed by atoms with E-state index in [1.54, 1.807) is 0 Å². The molecule has 2 aliphatic rings. The van der Waals surface area contributed by atoms with E-state index in [4.69, 9.17) is 4.74 Å². The molecule has 96 valence electrons. The van der Waals surface area contributed by atoms with Gasteiger partial charge in [0.2, 0.25) is 0 Å². The van der Waals surface area contributed by atoms with Crippen LogP contribution in [0.15, 0.2) is 24.0 Å². The fraction of sp³-hybridized carbons (Fsp3) is 0.750. The van der Waals surface area contributed by atoms with Gasteiger partial charge in [-0.3, -0.25) is 0 Å². The predicted molar refractivity (Wildman–Crippen MR) is 72.7 cm³/mol. The van der Waals surface area contributed by atoms with Crippen molar-refractivity contribution in [2.75, 3.05) is 6.61 Å². The highest BCUT2D eigenvalue weighted by Crippen LogP contribution is 2.42. The standard InChI is InChI=1S/C16H26O/c1-3-5-6-13(4-2)11-17-12-16-10-14-7-8-15(16)9-14/h7-8,12-15H,3-6,9-11H2,1-2H3. The van der Waals surface area contributed by atoms with E-state index in [0.29, 0.717) is 5.92 Å². The fourth-order valence-corrected chi connectivity index (χ4v) is 2.98. The summed E-state index contributed by atoms with van der Waals surface area (Å²) in [4.78, 5) is 0. The minimum absolute atomic E-state index is 0.704. The third-order valence-electron chi connectivity index (χ3n) is 4.26. The molecule has 17 heavy (non-hydrogen) atoms. The zero-order valence-electron chi connectivity index (χ0n) is 11.3. The molecule has 3 atom stereocenters. The SMILES string of the molecule is CCCCC(CC)COC=C1CC2C=CC1C2. The lowest BCUT2D eigenvalue weighted by Gasteiger charge is -2.15. The normalized spacial score (nSPS) is 30.1. The molecular formula is C16H26O. The average Bonchev–Trinajstić information content (AvgIpc) is 2.95. The van der Waals surface area contributed by atoms with Crippen molar-refractivity contribution in [3.05, 3.63) is 24.0 Å². The van der Waals surface area contributed by atoms with Crippen molar-refractivity contribution in [2.24, 2.45) is 17.8 Å². The number of allylic oxidation sites excluding steroid dienone is 3. The lowest BCUT2D eigenvalue weighted by atomic mass is 10.0. The van der Waals surface area contributed by atoms with Crippen LogP contribution in [-0.2, 0) is 4.74 Å². The molecular weight excluding hydrogens is 208 g/mol. The summed E-state index contributed by atoms with van der Waals surface area (Å²) in [5.41, 5.74) is 1.53. The van der Waals surface area contributed by atoms with Gasteiger partial charge in [0.15, 0.2) is 0 Å². The number of rotatable bonds is 7. The maximum atomic E-state index is 5.82. The molecule has 2 aliphatic carbocycles. The topological polar surface area (TPSA) is 9.23 Å². The van der Waals surface area contributed by atoms with Crippen LogP contribution in [-0.4, -0.2) is 6.61 Å². The van der Waals surface area contributed by atoms with Crippen LogP contribution in [0.1, 0.15) is 52.4 Å². The van der Waals surface area contributed by atoms with Gasteiger partial charge in [-0.1, -0.05) is 45.3 Å². The van der Waals surface area contributed by atoms with Crippen LogP contribution in [0.25, 0.3) is 0 Å². The first-order valence-corrected chi connectivity index (χ1v) is 7.32. The third kappa shape index (κ3) is 3.37. The molecule has 0 spiro atoms. The minimum atomic E-state index is 0.704. The zero-order valence-corrected chi connectivity index (χ0v) is 11.3. The van der Waals surface area contributed by atoms with E-state index in [0.717, 1.165) is 18.4 Å². The van der Waals surface area contributed by atoms with Crippen LogP contribution >= 0.6 is 0 Å². The maximum Gasteiger partial charge on any atom is 0.0901 e. The summed E-state index contributed by atoms with van der Waals surface area (Å²) in [7, 11) is 0. The molecule has 0 saturated heterocycles. The molecule has 0 aromatic heterocycles. The van der Waals surface area contributed by atoms with E-state index in [9.17, 15) is 0 Å². The van der Waals surface area contributed by atoms with Crippen molar-refractivity contribution in [1.82, 2.24) is 0 Å². The second-order valence-corrected chi connectivity index (χ2v) is 5.63. The van der Waals surface area contributed by atoms with Gasteiger partial charge >= 0.3 is 0 Å². The molecule has 1 fully saturated rings. The van der Waals surface area contributed by atoms with Crippen molar-refractivity contribution in [2.45, 2.75) is 52.4 Å². The second kappa shape index (κ2) is 6.28. The highest BCUT2D eigenvalue weighted by molar-refractivity contribution is 5.25. The van der Waals surface area contributed by atoms with Crippen LogP contribution < -0.4 is 0 Å². The molecule has 1 nitrogen and oxygen atoms in total. The highest BCUT2D eigenvalue weighted by atomic mass is 16.5. The summed E-state index contributed by atoms with van der Waals surface area (Å²) in [6.45, 7) is 5.45. The lowest BCUT2D eigenvalue weighted by molar-refractivity contribution is 0.180. The molecule has 0 aromatic carbocycles. The highest BCUT2D eigenvalue weighted by Gasteiger charge is 2.30. The van der Waals surface area contributed by atoms with Gasteiger partial charge in [-0.25, -0.2) is 0 Å². The number of hydrogen-bond acceptors (Lipinski definition) is 1. The molecule has 1 saturated carbocycles. The largest absolute Gasteiger partial charge is 0.501 e. The summed E-state index contributed by atoms with van der Waals surface area (Å²) in [5.74, 6) is 2.27. The van der Waals surface area contributed by atoms with E-state index in [2.05, 4.69) is 32.3 Å². The predicted octanol–water partition coefficient (Wildman–Crippen LogP) is 4.70. The Morgan fingerprint density at radius 1 is 1.41 bits per heavy atom. The summed E-state index contributed by atoms with van der Waals surface area (Å²) < 4.78 is 5.82. The van der Waals surface area contributed by atoms with Crippen LogP contribution in [0.3, 0.4) is 0 Å². The quantitative estimate of drug-likeness (QED) is 0.458. The van der Waals surface area contributed by atoms with Crippen LogP contribution in [0.4, 0.5) is 0 Å². The zero-order chi connectivity index (χ0) is 12.1. The Balaban J connectivity index is 1.71. The summed E-state index contributed by atoms with van der Waals surface area (Å²) in [6.07, 6.45) is 14.6. The Kier molecular flexibility index (Phi) is 4.70. The molecule has 2 bridgehead atoms. The van der Waals surface area contributed by atoms with E-state index >= 15 is 0 Å². The van der Waals surface area contributed by atoms with Crippen LogP contribution in [0.5, 0.6) is 0 Å². The van der Waals surface area contributed by atoms with Gasteiger partial charge in [-0.2, -0.15) is 0 Å². The van der Waals surface area contributed by atoms with Gasteiger partial charge in [0.1, 0.15) is 0 Å². The number of fused-ring (bicyclic) bond motifs is 2. The molecule has 0 aromatic rings. The Hall–Kier alpha value is -0.720. The minimum Gasteiger partial charge on any atom is -0.501 e. The van der Waals surface area contributed by atoms with Gasteiger partial charge in [0.05, 0.1) is 12.9 Å². The van der Waals surface area contributed by atoms with Crippen molar-refractivity contribution in [3.63, 3.8) is 0 Å². The van der Waals surface area contributed by atoms with E-state index < -0.39 is 0 Å². The summed E-state index contributed by atoms with van der Waals surface area (Å²) in [6, 6.07) is 0. The van der Waals surface area contributed by atoms with E-state index in [1.807, 2.05) is 0 Å². The molecule has 2 rings (SSSR count). The van der Waals surface area contributed by atoms with Crippen LogP contribution in [0.2, 0.25) is 0 Å². The smallest absolute Gasteiger partial charge is 0.0901 e. The molecule has 0 radical (unpaired) electrons. The van der Waals surface area contributed by atoms with Crippen LogP contribution in [0, 0.1) is 17.8 Å². The Morgan fingerprint density at radius 2 is 2.29 bits per heavy atom. The van der Waals surface area contributed by atoms with Crippen molar-refractivity contribution in [1.29, 1.82) is 0 Å². The van der Waals surface area contributed by atoms with Gasteiger partial charge in [-0.05, 0) is 36.7 Å². The number of ether oxygens (including phenoxy) is 1. The Bertz CT molecular complexity index is 290. The van der Waals surface area contributed by atoms with Gasteiger partial charge in [0.25, 0.3) is 0 Å². The molecule has 1 heteroatoms. The van der Waals surface area contributed by atoms with E-state index in [-0.39, 0.29) is 0 Å². The second-order valence-electron chi connectivity index (χ2n) is 5.63. The van der Waals surface area contributed by atoms with Gasteiger partial charge in [0, 0.05) is 5.92 Å².